The van der Waals surface area contributed by atoms with Gasteiger partial charge in [0.05, 0.1) is 12.0 Å². The molecule has 4 nitrogen and oxygen atoms in total. The highest BCUT2D eigenvalue weighted by molar-refractivity contribution is 5.85. The predicted octanol–water partition coefficient (Wildman–Crippen LogP) is 2.48. The fraction of sp³-hybridized carbons (Fsp3) is 0.231. The fourth-order valence-electron chi connectivity index (χ4n) is 2.10. The first-order valence-electron chi connectivity index (χ1n) is 5.64. The highest BCUT2D eigenvalue weighted by Gasteiger charge is 2.37. The second-order valence-corrected chi connectivity index (χ2v) is 4.42. The van der Waals surface area contributed by atoms with Crippen LogP contribution in [0.5, 0.6) is 0 Å². The summed E-state index contributed by atoms with van der Waals surface area (Å²) in [6.45, 7) is 1.68. The van der Waals surface area contributed by atoms with Gasteiger partial charge in [-0.25, -0.2) is 0 Å². The van der Waals surface area contributed by atoms with Crippen LogP contribution in [0.4, 0.5) is 13.2 Å². The van der Waals surface area contributed by atoms with Crippen molar-refractivity contribution in [2.45, 2.75) is 19.5 Å². The number of fused-ring (bicyclic) bond motifs is 1. The van der Waals surface area contributed by atoms with Crippen molar-refractivity contribution < 1.29 is 23.1 Å². The highest BCUT2D eigenvalue weighted by Crippen LogP contribution is 2.36. The van der Waals surface area contributed by atoms with E-state index in [2.05, 4.69) is 4.98 Å². The minimum atomic E-state index is -4.80. The average Bonchev–Trinajstić information content (AvgIpc) is 2.27. The number of aromatic amines is 1. The molecule has 2 aromatic rings. The molecule has 0 saturated heterocycles. The number of pyridine rings is 1. The van der Waals surface area contributed by atoms with Crippen molar-refractivity contribution in [1.82, 2.24) is 4.98 Å². The molecule has 0 aliphatic rings. The van der Waals surface area contributed by atoms with Gasteiger partial charge in [-0.2, -0.15) is 13.2 Å². The molecule has 0 radical (unpaired) electrons. The van der Waals surface area contributed by atoms with Crippen LogP contribution in [0.1, 0.15) is 16.7 Å². The van der Waals surface area contributed by atoms with Gasteiger partial charge in [-0.3, -0.25) is 9.59 Å². The van der Waals surface area contributed by atoms with Crippen molar-refractivity contribution in [2.24, 2.45) is 0 Å². The molecule has 2 rings (SSSR count). The van der Waals surface area contributed by atoms with Crippen LogP contribution in [0.25, 0.3) is 10.9 Å². The number of hydrogen-bond acceptors (Lipinski definition) is 2. The summed E-state index contributed by atoms with van der Waals surface area (Å²) in [7, 11) is 0. The van der Waals surface area contributed by atoms with E-state index in [1.54, 1.807) is 6.92 Å². The van der Waals surface area contributed by atoms with Gasteiger partial charge >= 0.3 is 12.1 Å². The van der Waals surface area contributed by atoms with Gasteiger partial charge in [0.25, 0.3) is 5.56 Å². The van der Waals surface area contributed by atoms with Gasteiger partial charge in [0.1, 0.15) is 0 Å². The van der Waals surface area contributed by atoms with E-state index in [1.807, 2.05) is 0 Å². The first kappa shape index (κ1) is 14.1. The zero-order valence-corrected chi connectivity index (χ0v) is 10.3. The molecular weight excluding hydrogens is 275 g/mol. The fourth-order valence-corrected chi connectivity index (χ4v) is 2.10. The van der Waals surface area contributed by atoms with Crippen LogP contribution in [0.15, 0.2) is 23.0 Å². The van der Waals surface area contributed by atoms with Crippen LogP contribution in [-0.2, 0) is 17.4 Å². The Morgan fingerprint density at radius 1 is 1.35 bits per heavy atom. The van der Waals surface area contributed by atoms with Crippen molar-refractivity contribution in [3.8, 4) is 0 Å². The van der Waals surface area contributed by atoms with Crippen molar-refractivity contribution in [2.75, 3.05) is 0 Å². The number of carboxylic acids is 1. The second-order valence-electron chi connectivity index (χ2n) is 4.42. The maximum atomic E-state index is 13.2. The topological polar surface area (TPSA) is 70.2 Å². The number of benzene rings is 1. The molecule has 1 aromatic carbocycles. The Hall–Kier alpha value is -2.31. The van der Waals surface area contributed by atoms with Gasteiger partial charge in [-0.15, -0.1) is 0 Å². The third-order valence-corrected chi connectivity index (χ3v) is 2.88. The van der Waals surface area contributed by atoms with Crippen molar-refractivity contribution in [3.63, 3.8) is 0 Å². The number of aromatic nitrogens is 1. The van der Waals surface area contributed by atoms with E-state index in [0.717, 1.165) is 0 Å². The number of H-pyrrole nitrogens is 1. The van der Waals surface area contributed by atoms with E-state index in [9.17, 15) is 22.8 Å². The number of nitrogens with one attached hydrogen (secondary N) is 1. The predicted molar refractivity (Wildman–Crippen MR) is 65.6 cm³/mol. The maximum absolute atomic E-state index is 13.2. The lowest BCUT2D eigenvalue weighted by molar-refractivity contribution is -0.138. The Kier molecular flexibility index (Phi) is 3.29. The SMILES string of the molecule is Cc1ccc2c(C(F)(F)F)c(CC(=O)O)c(=O)[nH]c2c1. The third-order valence-electron chi connectivity index (χ3n) is 2.88. The lowest BCUT2D eigenvalue weighted by Crippen LogP contribution is -2.24. The zero-order chi connectivity index (χ0) is 15.1. The van der Waals surface area contributed by atoms with Gasteiger partial charge in [-0.05, 0) is 18.6 Å². The number of halogens is 3. The van der Waals surface area contributed by atoms with E-state index >= 15 is 0 Å². The lowest BCUT2D eigenvalue weighted by Gasteiger charge is -2.14. The Bertz CT molecular complexity index is 747. The summed E-state index contributed by atoms with van der Waals surface area (Å²) in [5.41, 5.74) is -2.26. The molecule has 0 saturated carbocycles. The minimum Gasteiger partial charge on any atom is -0.481 e. The van der Waals surface area contributed by atoms with Gasteiger partial charge < -0.3 is 10.1 Å². The van der Waals surface area contributed by atoms with E-state index in [-0.39, 0.29) is 10.9 Å². The quantitative estimate of drug-likeness (QED) is 0.890. The molecule has 0 aliphatic carbocycles. The standard InChI is InChI=1S/C13H10F3NO3/c1-6-2-3-7-9(4-6)17-12(20)8(5-10(18)19)11(7)13(14,15)16/h2-4H,5H2,1H3,(H,17,20)(H,18,19). The number of aliphatic carboxylic acids is 1. The van der Waals surface area contributed by atoms with Gasteiger partial charge in [0.15, 0.2) is 0 Å². The number of rotatable bonds is 2. The molecular formula is C13H10F3NO3. The minimum absolute atomic E-state index is 0.0384. The Morgan fingerprint density at radius 2 is 2.00 bits per heavy atom. The van der Waals surface area contributed by atoms with Crippen molar-refractivity contribution in [1.29, 1.82) is 0 Å². The van der Waals surface area contributed by atoms with Crippen molar-refractivity contribution in [3.05, 3.63) is 45.2 Å². The van der Waals surface area contributed by atoms with Gasteiger partial charge in [-0.1, -0.05) is 12.1 Å². The molecule has 0 fully saturated rings. The largest absolute Gasteiger partial charge is 0.481 e. The monoisotopic (exact) mass is 285 g/mol. The summed E-state index contributed by atoms with van der Waals surface area (Å²) < 4.78 is 39.5. The molecule has 0 bridgehead atoms. The van der Waals surface area contributed by atoms with Crippen LogP contribution in [0.3, 0.4) is 0 Å². The summed E-state index contributed by atoms with van der Waals surface area (Å²) in [6.07, 6.45) is -5.78. The molecule has 0 atom stereocenters. The Morgan fingerprint density at radius 3 is 2.55 bits per heavy atom. The molecule has 0 aliphatic heterocycles. The first-order chi connectivity index (χ1) is 9.20. The molecule has 0 unspecified atom stereocenters. The summed E-state index contributed by atoms with van der Waals surface area (Å²) >= 11 is 0. The van der Waals surface area contributed by atoms with Crippen LogP contribution >= 0.6 is 0 Å². The normalized spacial score (nSPS) is 11.8. The lowest BCUT2D eigenvalue weighted by atomic mass is 9.99. The molecule has 0 amide bonds. The summed E-state index contributed by atoms with van der Waals surface area (Å²) in [5, 5.41) is 8.47. The van der Waals surface area contributed by atoms with Crippen LogP contribution in [0.2, 0.25) is 0 Å². The number of carbonyl (C=O) groups is 1. The first-order valence-corrected chi connectivity index (χ1v) is 5.64. The van der Waals surface area contributed by atoms with E-state index in [1.165, 1.54) is 18.2 Å². The number of aryl methyl sites for hydroxylation is 1. The Balaban J connectivity index is 2.91. The summed E-state index contributed by atoms with van der Waals surface area (Å²) in [6, 6.07) is 4.12. The third kappa shape index (κ3) is 2.52. The molecule has 106 valence electrons. The number of carboxylic acid groups (broad SMARTS) is 1. The average molecular weight is 285 g/mol. The molecule has 20 heavy (non-hydrogen) atoms. The summed E-state index contributed by atoms with van der Waals surface area (Å²) in [5.74, 6) is -1.49. The molecule has 7 heteroatoms. The summed E-state index contributed by atoms with van der Waals surface area (Å²) in [4.78, 5) is 24.7. The highest BCUT2D eigenvalue weighted by atomic mass is 19.4. The van der Waals surface area contributed by atoms with E-state index in [0.29, 0.717) is 5.56 Å². The van der Waals surface area contributed by atoms with Crippen LogP contribution < -0.4 is 5.56 Å². The van der Waals surface area contributed by atoms with Crippen LogP contribution in [-0.4, -0.2) is 16.1 Å². The second kappa shape index (κ2) is 4.66. The zero-order valence-electron chi connectivity index (χ0n) is 10.3. The number of alkyl halides is 3. The van der Waals surface area contributed by atoms with Crippen molar-refractivity contribution >= 4 is 16.9 Å². The Labute approximate surface area is 110 Å². The van der Waals surface area contributed by atoms with Crippen LogP contribution in [0, 0.1) is 6.92 Å². The van der Waals surface area contributed by atoms with E-state index in [4.69, 9.17) is 5.11 Å². The van der Waals surface area contributed by atoms with E-state index < -0.39 is 35.3 Å². The smallest absolute Gasteiger partial charge is 0.417 e. The molecule has 0 spiro atoms. The van der Waals surface area contributed by atoms with Gasteiger partial charge in [0.2, 0.25) is 0 Å². The van der Waals surface area contributed by atoms with Gasteiger partial charge in [0, 0.05) is 16.5 Å². The maximum Gasteiger partial charge on any atom is 0.417 e. The number of hydrogen-bond donors (Lipinski definition) is 2. The molecule has 2 N–H and O–H groups in total. The molecule has 1 heterocycles. The molecule has 1 aromatic heterocycles.